The largest absolute Gasteiger partial charge is 0.315 e. The van der Waals surface area contributed by atoms with Crippen LogP contribution >= 0.6 is 22.9 Å². The Hall–Kier alpha value is -0.840. The van der Waals surface area contributed by atoms with E-state index >= 15 is 0 Å². The van der Waals surface area contributed by atoms with Crippen molar-refractivity contribution in [3.63, 3.8) is 0 Å². The topological polar surface area (TPSA) is 29.9 Å². The third kappa shape index (κ3) is 3.34. The normalized spacial score (nSPS) is 11.1. The molecule has 0 amide bonds. The van der Waals surface area contributed by atoms with Crippen molar-refractivity contribution in [2.24, 2.45) is 0 Å². The van der Waals surface area contributed by atoms with Crippen LogP contribution < -0.4 is 5.32 Å². The zero-order chi connectivity index (χ0) is 13.0. The molecule has 0 aliphatic rings. The third-order valence-corrected chi connectivity index (χ3v) is 4.41. The first-order valence-corrected chi connectivity index (χ1v) is 7.37. The molecular weight excluding hydrogens is 266 g/mol. The van der Waals surface area contributed by atoms with Gasteiger partial charge in [0.05, 0.1) is 23.0 Å². The number of aryl methyl sites for hydroxylation is 1. The molecule has 0 radical (unpaired) electrons. The first kappa shape index (κ1) is 13.6. The van der Waals surface area contributed by atoms with Crippen molar-refractivity contribution in [2.75, 3.05) is 13.1 Å². The maximum Gasteiger partial charge on any atom is 0.0844 e. The van der Waals surface area contributed by atoms with Gasteiger partial charge < -0.3 is 5.32 Å². The summed E-state index contributed by atoms with van der Waals surface area (Å²) in [4.78, 5) is 1.43. The second-order valence-corrected chi connectivity index (χ2v) is 5.70. The van der Waals surface area contributed by atoms with Gasteiger partial charge in [0.1, 0.15) is 0 Å². The van der Waals surface area contributed by atoms with E-state index in [0.717, 1.165) is 42.5 Å². The molecule has 0 bridgehead atoms. The van der Waals surface area contributed by atoms with Crippen LogP contribution in [-0.2, 0) is 13.0 Å². The monoisotopic (exact) mass is 283 g/mol. The molecule has 98 valence electrons. The van der Waals surface area contributed by atoms with Crippen molar-refractivity contribution in [1.82, 2.24) is 15.1 Å². The van der Waals surface area contributed by atoms with E-state index in [2.05, 4.69) is 27.9 Å². The van der Waals surface area contributed by atoms with Crippen molar-refractivity contribution < 1.29 is 0 Å². The Morgan fingerprint density at radius 1 is 1.39 bits per heavy atom. The van der Waals surface area contributed by atoms with Crippen molar-refractivity contribution in [3.8, 4) is 0 Å². The number of halogens is 1. The van der Waals surface area contributed by atoms with Gasteiger partial charge in [0.15, 0.2) is 0 Å². The summed E-state index contributed by atoms with van der Waals surface area (Å²) in [5.41, 5.74) is 1.96. The Kier molecular flexibility index (Phi) is 4.80. The predicted octanol–water partition coefficient (Wildman–Crippen LogP) is 3.05. The molecule has 0 spiro atoms. The smallest absolute Gasteiger partial charge is 0.0844 e. The molecule has 5 heteroatoms. The lowest BCUT2D eigenvalue weighted by Crippen LogP contribution is -2.23. The number of hydrogen-bond donors (Lipinski definition) is 1. The maximum atomic E-state index is 6.10. The van der Waals surface area contributed by atoms with Crippen LogP contribution in [0.2, 0.25) is 5.02 Å². The summed E-state index contributed by atoms with van der Waals surface area (Å²) in [7, 11) is 0. The molecule has 0 aliphatic carbocycles. The molecule has 0 fully saturated rings. The van der Waals surface area contributed by atoms with E-state index in [4.69, 9.17) is 11.6 Å². The predicted molar refractivity (Wildman–Crippen MR) is 77.6 cm³/mol. The molecule has 0 saturated heterocycles. The standard InChI is InChI=1S/C13H18ClN3S/c1-10-13(14)11(2)17(16-10)8-7-15-6-5-12-4-3-9-18-12/h3-4,9,15H,5-8H2,1-2H3. The molecule has 0 unspecified atom stereocenters. The lowest BCUT2D eigenvalue weighted by atomic mass is 10.3. The average molecular weight is 284 g/mol. The highest BCUT2D eigenvalue weighted by atomic mass is 35.5. The molecule has 1 N–H and O–H groups in total. The highest BCUT2D eigenvalue weighted by Crippen LogP contribution is 2.18. The molecule has 0 atom stereocenters. The fourth-order valence-electron chi connectivity index (χ4n) is 1.87. The quantitative estimate of drug-likeness (QED) is 0.826. The number of nitrogens with zero attached hydrogens (tertiary/aromatic N) is 2. The highest BCUT2D eigenvalue weighted by Gasteiger charge is 2.07. The summed E-state index contributed by atoms with van der Waals surface area (Å²) < 4.78 is 1.97. The summed E-state index contributed by atoms with van der Waals surface area (Å²) >= 11 is 7.91. The Balaban J connectivity index is 1.70. The van der Waals surface area contributed by atoms with Gasteiger partial charge in [-0.1, -0.05) is 17.7 Å². The summed E-state index contributed by atoms with van der Waals surface area (Å²) in [5, 5.41) is 10.7. The van der Waals surface area contributed by atoms with Crippen molar-refractivity contribution >= 4 is 22.9 Å². The Morgan fingerprint density at radius 3 is 2.83 bits per heavy atom. The van der Waals surface area contributed by atoms with Gasteiger partial charge in [-0.25, -0.2) is 0 Å². The molecule has 0 saturated carbocycles. The van der Waals surface area contributed by atoms with Crippen LogP contribution in [-0.4, -0.2) is 22.9 Å². The van der Waals surface area contributed by atoms with Crippen LogP contribution in [0.25, 0.3) is 0 Å². The first-order chi connectivity index (χ1) is 8.68. The van der Waals surface area contributed by atoms with E-state index in [9.17, 15) is 0 Å². The molecule has 2 heterocycles. The maximum absolute atomic E-state index is 6.10. The van der Waals surface area contributed by atoms with Crippen LogP contribution in [0.5, 0.6) is 0 Å². The summed E-state index contributed by atoms with van der Waals surface area (Å²) in [6, 6.07) is 4.27. The lowest BCUT2D eigenvalue weighted by Gasteiger charge is -2.06. The number of nitrogens with one attached hydrogen (secondary N) is 1. The van der Waals surface area contributed by atoms with Crippen LogP contribution in [0.4, 0.5) is 0 Å². The Bertz CT molecular complexity index is 491. The van der Waals surface area contributed by atoms with Crippen LogP contribution in [0.15, 0.2) is 17.5 Å². The fraction of sp³-hybridized carbons (Fsp3) is 0.462. The van der Waals surface area contributed by atoms with Gasteiger partial charge in [-0.2, -0.15) is 5.10 Å². The van der Waals surface area contributed by atoms with Gasteiger partial charge in [0.25, 0.3) is 0 Å². The van der Waals surface area contributed by atoms with E-state index in [1.54, 1.807) is 0 Å². The van der Waals surface area contributed by atoms with Crippen molar-refractivity contribution in [1.29, 1.82) is 0 Å². The van der Waals surface area contributed by atoms with Gasteiger partial charge >= 0.3 is 0 Å². The van der Waals surface area contributed by atoms with Gasteiger partial charge in [-0.15, -0.1) is 11.3 Å². The summed E-state index contributed by atoms with van der Waals surface area (Å²) in [6.45, 7) is 6.74. The van der Waals surface area contributed by atoms with E-state index in [0.29, 0.717) is 0 Å². The molecule has 2 aromatic rings. The Labute approximate surface area is 117 Å². The number of hydrogen-bond acceptors (Lipinski definition) is 3. The van der Waals surface area contributed by atoms with Crippen molar-refractivity contribution in [3.05, 3.63) is 38.8 Å². The third-order valence-electron chi connectivity index (χ3n) is 2.92. The van der Waals surface area contributed by atoms with Gasteiger partial charge in [0.2, 0.25) is 0 Å². The molecule has 18 heavy (non-hydrogen) atoms. The van der Waals surface area contributed by atoms with E-state index in [-0.39, 0.29) is 0 Å². The second-order valence-electron chi connectivity index (χ2n) is 4.29. The second kappa shape index (κ2) is 6.36. The number of rotatable bonds is 6. The fourth-order valence-corrected chi connectivity index (χ4v) is 2.71. The van der Waals surface area contributed by atoms with Gasteiger partial charge in [0, 0.05) is 18.0 Å². The summed E-state index contributed by atoms with van der Waals surface area (Å²) in [5.74, 6) is 0. The van der Waals surface area contributed by atoms with Crippen molar-refractivity contribution in [2.45, 2.75) is 26.8 Å². The van der Waals surface area contributed by atoms with E-state index in [1.165, 1.54) is 4.88 Å². The molecule has 2 rings (SSSR count). The first-order valence-electron chi connectivity index (χ1n) is 6.11. The number of thiophene rings is 1. The number of aromatic nitrogens is 2. The molecule has 2 aromatic heterocycles. The van der Waals surface area contributed by atoms with Crippen LogP contribution in [0, 0.1) is 13.8 Å². The minimum atomic E-state index is 0.786. The average Bonchev–Trinajstić information content (AvgIpc) is 2.95. The molecule has 0 aromatic carbocycles. The minimum Gasteiger partial charge on any atom is -0.315 e. The Morgan fingerprint density at radius 2 is 2.22 bits per heavy atom. The van der Waals surface area contributed by atoms with Gasteiger partial charge in [-0.05, 0) is 31.7 Å². The lowest BCUT2D eigenvalue weighted by molar-refractivity contribution is 0.544. The highest BCUT2D eigenvalue weighted by molar-refractivity contribution is 7.09. The molecule has 3 nitrogen and oxygen atoms in total. The molecule has 0 aliphatic heterocycles. The van der Waals surface area contributed by atoms with Crippen LogP contribution in [0.1, 0.15) is 16.3 Å². The van der Waals surface area contributed by atoms with E-state index in [1.807, 2.05) is 29.9 Å². The zero-order valence-electron chi connectivity index (χ0n) is 10.7. The zero-order valence-corrected chi connectivity index (χ0v) is 12.3. The SMILES string of the molecule is Cc1nn(CCNCCc2cccs2)c(C)c1Cl. The molecular formula is C13H18ClN3S. The van der Waals surface area contributed by atoms with E-state index < -0.39 is 0 Å². The minimum absolute atomic E-state index is 0.786. The van der Waals surface area contributed by atoms with Gasteiger partial charge in [-0.3, -0.25) is 4.68 Å². The summed E-state index contributed by atoms with van der Waals surface area (Å²) in [6.07, 6.45) is 1.09. The van der Waals surface area contributed by atoms with Crippen LogP contribution in [0.3, 0.4) is 0 Å².